The monoisotopic (exact) mass is 366 g/mol. The van der Waals surface area contributed by atoms with Crippen LogP contribution in [0.4, 0.5) is 0 Å². The summed E-state index contributed by atoms with van der Waals surface area (Å²) in [5, 5.41) is 4.62. The van der Waals surface area contributed by atoms with Crippen molar-refractivity contribution in [1.82, 2.24) is 5.43 Å². The zero-order valence-electron chi connectivity index (χ0n) is 14.6. The van der Waals surface area contributed by atoms with Crippen molar-refractivity contribution >= 4 is 23.7 Å². The van der Waals surface area contributed by atoms with Gasteiger partial charge in [-0.2, -0.15) is 5.10 Å². The first kappa shape index (κ1) is 18.0. The summed E-state index contributed by atoms with van der Waals surface area (Å²) in [6.07, 6.45) is 1.77. The predicted octanol–water partition coefficient (Wildman–Crippen LogP) is 4.91. The molecule has 1 N–H and O–H groups in total. The average Bonchev–Trinajstić information content (AvgIpc) is 3.07. The lowest BCUT2D eigenvalue weighted by molar-refractivity contribution is -0.120. The Balaban J connectivity index is 1.60. The average molecular weight is 367 g/mol. The number of rotatable bonds is 5. The molecule has 1 aromatic heterocycles. The summed E-state index contributed by atoms with van der Waals surface area (Å²) in [5.41, 5.74) is 6.64. The Morgan fingerprint density at radius 1 is 1.15 bits per heavy atom. The summed E-state index contributed by atoms with van der Waals surface area (Å²) < 4.78 is 5.70. The van der Waals surface area contributed by atoms with Crippen LogP contribution in [0.1, 0.15) is 22.5 Å². The summed E-state index contributed by atoms with van der Waals surface area (Å²) in [4.78, 5) is 12.1. The highest BCUT2D eigenvalue weighted by atomic mass is 35.5. The lowest BCUT2D eigenvalue weighted by atomic mass is 10.0. The Bertz CT molecular complexity index is 960. The zero-order chi connectivity index (χ0) is 18.5. The van der Waals surface area contributed by atoms with E-state index >= 15 is 0 Å². The van der Waals surface area contributed by atoms with Crippen LogP contribution in [0.2, 0.25) is 5.02 Å². The molecule has 0 aliphatic carbocycles. The molecule has 132 valence electrons. The maximum absolute atomic E-state index is 12.1. The minimum absolute atomic E-state index is 0.170. The third kappa shape index (κ3) is 4.61. The number of carbonyl (C=O) groups is 1. The van der Waals surface area contributed by atoms with Gasteiger partial charge in [-0.15, -0.1) is 0 Å². The van der Waals surface area contributed by atoms with Crippen LogP contribution in [0.5, 0.6) is 0 Å². The van der Waals surface area contributed by atoms with Gasteiger partial charge in [0.25, 0.3) is 0 Å². The summed E-state index contributed by atoms with van der Waals surface area (Å²) in [6, 6.07) is 17.1. The molecule has 0 unspecified atom stereocenters. The molecule has 1 heterocycles. The first-order chi connectivity index (χ1) is 12.5. The van der Waals surface area contributed by atoms with Crippen LogP contribution in [0.25, 0.3) is 11.3 Å². The van der Waals surface area contributed by atoms with Crippen molar-refractivity contribution < 1.29 is 9.21 Å². The van der Waals surface area contributed by atoms with Gasteiger partial charge in [0.1, 0.15) is 11.5 Å². The normalized spacial score (nSPS) is 11.0. The molecule has 2 aromatic carbocycles. The fourth-order valence-corrected chi connectivity index (χ4v) is 2.78. The molecule has 3 rings (SSSR count). The quantitative estimate of drug-likeness (QED) is 0.515. The van der Waals surface area contributed by atoms with E-state index in [4.69, 9.17) is 16.0 Å². The number of halogens is 1. The molecule has 1 amide bonds. The van der Waals surface area contributed by atoms with Crippen LogP contribution >= 0.6 is 11.6 Å². The van der Waals surface area contributed by atoms with Crippen molar-refractivity contribution in [3.8, 4) is 11.3 Å². The fraction of sp³-hybridized carbons (Fsp3) is 0.143. The SMILES string of the molecule is Cc1ccc(C)c(CC(=O)N/N=C\c2ccc(-c3cccc(Cl)c3)o2)c1. The molecule has 0 saturated heterocycles. The molecule has 0 saturated carbocycles. The highest BCUT2D eigenvalue weighted by Gasteiger charge is 2.06. The lowest BCUT2D eigenvalue weighted by Gasteiger charge is -2.05. The third-order valence-electron chi connectivity index (χ3n) is 3.97. The third-order valence-corrected chi connectivity index (χ3v) is 4.21. The van der Waals surface area contributed by atoms with Gasteiger partial charge in [0.05, 0.1) is 12.6 Å². The molecule has 0 atom stereocenters. The highest BCUT2D eigenvalue weighted by Crippen LogP contribution is 2.24. The number of carbonyl (C=O) groups excluding carboxylic acids is 1. The van der Waals surface area contributed by atoms with E-state index in [0.717, 1.165) is 22.3 Å². The number of furan rings is 1. The topological polar surface area (TPSA) is 54.6 Å². The van der Waals surface area contributed by atoms with E-state index < -0.39 is 0 Å². The van der Waals surface area contributed by atoms with Gasteiger partial charge in [-0.25, -0.2) is 5.43 Å². The second kappa shape index (κ2) is 8.02. The first-order valence-electron chi connectivity index (χ1n) is 8.25. The van der Waals surface area contributed by atoms with E-state index in [0.29, 0.717) is 16.5 Å². The second-order valence-electron chi connectivity index (χ2n) is 6.11. The van der Waals surface area contributed by atoms with E-state index in [-0.39, 0.29) is 12.3 Å². The van der Waals surface area contributed by atoms with Gasteiger partial charge in [0, 0.05) is 10.6 Å². The molecule has 26 heavy (non-hydrogen) atoms. The standard InChI is InChI=1S/C21H19ClN2O2/c1-14-6-7-15(2)17(10-14)12-21(25)24-23-13-19-8-9-20(26-19)16-4-3-5-18(22)11-16/h3-11,13H,12H2,1-2H3,(H,24,25)/b23-13-. The molecule has 0 fully saturated rings. The summed E-state index contributed by atoms with van der Waals surface area (Å²) in [6.45, 7) is 4.00. The molecule has 0 radical (unpaired) electrons. The summed E-state index contributed by atoms with van der Waals surface area (Å²) in [7, 11) is 0. The summed E-state index contributed by atoms with van der Waals surface area (Å²) in [5.74, 6) is 1.07. The van der Waals surface area contributed by atoms with Gasteiger partial charge >= 0.3 is 0 Å². The van der Waals surface area contributed by atoms with Crippen LogP contribution in [0.15, 0.2) is 64.1 Å². The van der Waals surface area contributed by atoms with Crippen LogP contribution in [-0.4, -0.2) is 12.1 Å². The number of hydrazone groups is 1. The zero-order valence-corrected chi connectivity index (χ0v) is 15.4. The molecule has 0 aliphatic rings. The lowest BCUT2D eigenvalue weighted by Crippen LogP contribution is -2.20. The number of hydrogen-bond donors (Lipinski definition) is 1. The van der Waals surface area contributed by atoms with E-state index in [1.165, 1.54) is 6.21 Å². The first-order valence-corrected chi connectivity index (χ1v) is 8.63. The molecular weight excluding hydrogens is 348 g/mol. The van der Waals surface area contributed by atoms with E-state index in [9.17, 15) is 4.79 Å². The number of nitrogens with zero attached hydrogens (tertiary/aromatic N) is 1. The van der Waals surface area contributed by atoms with Crippen molar-refractivity contribution in [2.75, 3.05) is 0 Å². The highest BCUT2D eigenvalue weighted by molar-refractivity contribution is 6.30. The number of amides is 1. The minimum atomic E-state index is -0.170. The fourth-order valence-electron chi connectivity index (χ4n) is 2.59. The number of nitrogens with one attached hydrogen (secondary N) is 1. The Hall–Kier alpha value is -2.85. The Morgan fingerprint density at radius 2 is 2.00 bits per heavy atom. The number of hydrogen-bond acceptors (Lipinski definition) is 3. The Kier molecular flexibility index (Phi) is 5.54. The van der Waals surface area contributed by atoms with Gasteiger partial charge in [-0.05, 0) is 49.2 Å². The molecule has 0 bridgehead atoms. The van der Waals surface area contributed by atoms with Gasteiger partial charge in [-0.3, -0.25) is 4.79 Å². The molecular formula is C21H19ClN2O2. The van der Waals surface area contributed by atoms with Crippen molar-refractivity contribution in [2.45, 2.75) is 20.3 Å². The maximum Gasteiger partial charge on any atom is 0.244 e. The van der Waals surface area contributed by atoms with Crippen molar-refractivity contribution in [3.05, 3.63) is 82.1 Å². The van der Waals surface area contributed by atoms with Crippen LogP contribution in [-0.2, 0) is 11.2 Å². The van der Waals surface area contributed by atoms with E-state index in [1.807, 2.05) is 62.4 Å². The largest absolute Gasteiger partial charge is 0.455 e. The van der Waals surface area contributed by atoms with Crippen molar-refractivity contribution in [2.24, 2.45) is 5.10 Å². The smallest absolute Gasteiger partial charge is 0.244 e. The van der Waals surface area contributed by atoms with Crippen LogP contribution < -0.4 is 5.43 Å². The maximum atomic E-state index is 12.1. The van der Waals surface area contributed by atoms with E-state index in [1.54, 1.807) is 6.07 Å². The number of benzene rings is 2. The van der Waals surface area contributed by atoms with Crippen molar-refractivity contribution in [3.63, 3.8) is 0 Å². The Labute approximate surface area is 157 Å². The second-order valence-corrected chi connectivity index (χ2v) is 6.55. The molecule has 5 heteroatoms. The minimum Gasteiger partial charge on any atom is -0.455 e. The molecule has 0 aliphatic heterocycles. The predicted molar refractivity (Wildman–Crippen MR) is 105 cm³/mol. The van der Waals surface area contributed by atoms with Crippen molar-refractivity contribution in [1.29, 1.82) is 0 Å². The molecule has 0 spiro atoms. The van der Waals surface area contributed by atoms with E-state index in [2.05, 4.69) is 10.5 Å². The van der Waals surface area contributed by atoms with Gasteiger partial charge in [0.15, 0.2) is 0 Å². The van der Waals surface area contributed by atoms with Crippen LogP contribution in [0.3, 0.4) is 0 Å². The van der Waals surface area contributed by atoms with Gasteiger partial charge in [0.2, 0.25) is 5.91 Å². The molecule has 3 aromatic rings. The summed E-state index contributed by atoms with van der Waals surface area (Å²) >= 11 is 5.99. The Morgan fingerprint density at radius 3 is 2.81 bits per heavy atom. The van der Waals surface area contributed by atoms with Crippen LogP contribution in [0, 0.1) is 13.8 Å². The molecule has 4 nitrogen and oxygen atoms in total. The van der Waals surface area contributed by atoms with Gasteiger partial charge in [-0.1, -0.05) is 47.5 Å². The number of aryl methyl sites for hydroxylation is 2. The van der Waals surface area contributed by atoms with Gasteiger partial charge < -0.3 is 4.42 Å².